The molecule has 0 amide bonds. The van der Waals surface area contributed by atoms with Crippen LogP contribution in [0.2, 0.25) is 0 Å². The predicted molar refractivity (Wildman–Crippen MR) is 83.7 cm³/mol. The Balaban J connectivity index is 2.18. The zero-order valence-electron chi connectivity index (χ0n) is 13.1. The minimum Gasteiger partial charge on any atom is -0.478 e. The molecule has 1 aromatic heterocycles. The van der Waals surface area contributed by atoms with Crippen molar-refractivity contribution >= 4 is 17.0 Å². The van der Waals surface area contributed by atoms with Gasteiger partial charge in [-0.2, -0.15) is 0 Å². The number of carbonyl (C=O) groups is 1. The third-order valence-corrected chi connectivity index (χ3v) is 3.79. The van der Waals surface area contributed by atoms with E-state index in [-0.39, 0.29) is 5.56 Å². The van der Waals surface area contributed by atoms with Crippen molar-refractivity contribution in [2.24, 2.45) is 0 Å². The molecule has 0 saturated heterocycles. The number of aromatic nitrogens is 2. The normalized spacial score (nSPS) is 12.0. The molecular weight excluding hydrogens is 266 g/mol. The number of benzene rings is 1. The zero-order chi connectivity index (χ0) is 15.6. The largest absolute Gasteiger partial charge is 0.478 e. The van der Waals surface area contributed by atoms with Gasteiger partial charge in [-0.15, -0.1) is 0 Å². The molecule has 5 heteroatoms. The highest BCUT2D eigenvalue weighted by Gasteiger charge is 2.14. The number of carboxylic acid groups (broad SMARTS) is 1. The van der Waals surface area contributed by atoms with Gasteiger partial charge in [-0.25, -0.2) is 9.78 Å². The van der Waals surface area contributed by atoms with Crippen molar-refractivity contribution in [1.82, 2.24) is 14.5 Å². The van der Waals surface area contributed by atoms with Gasteiger partial charge in [0, 0.05) is 25.2 Å². The summed E-state index contributed by atoms with van der Waals surface area (Å²) in [6.45, 7) is 10.6. The van der Waals surface area contributed by atoms with Gasteiger partial charge in [0.25, 0.3) is 0 Å². The smallest absolute Gasteiger partial charge is 0.335 e. The van der Waals surface area contributed by atoms with E-state index in [9.17, 15) is 4.79 Å². The minimum absolute atomic E-state index is 0.277. The molecular formula is C16H23N3O2. The van der Waals surface area contributed by atoms with Crippen LogP contribution >= 0.6 is 0 Å². The van der Waals surface area contributed by atoms with Crippen LogP contribution in [-0.2, 0) is 6.54 Å². The van der Waals surface area contributed by atoms with Crippen LogP contribution < -0.4 is 0 Å². The van der Waals surface area contributed by atoms with Gasteiger partial charge in [0.1, 0.15) is 0 Å². The number of aromatic carboxylic acids is 1. The van der Waals surface area contributed by atoms with Crippen molar-refractivity contribution in [2.75, 3.05) is 6.54 Å². The Morgan fingerprint density at radius 1 is 1.29 bits per heavy atom. The molecule has 0 radical (unpaired) electrons. The monoisotopic (exact) mass is 289 g/mol. The number of nitrogens with zero attached hydrogens (tertiary/aromatic N) is 3. The summed E-state index contributed by atoms with van der Waals surface area (Å²) in [6, 6.07) is 6.08. The highest BCUT2D eigenvalue weighted by Crippen LogP contribution is 2.16. The topological polar surface area (TPSA) is 58.4 Å². The van der Waals surface area contributed by atoms with E-state index >= 15 is 0 Å². The molecule has 0 aliphatic rings. The average molecular weight is 289 g/mol. The van der Waals surface area contributed by atoms with E-state index in [2.05, 4.69) is 42.1 Å². The average Bonchev–Trinajstić information content (AvgIpc) is 2.80. The van der Waals surface area contributed by atoms with Gasteiger partial charge in [-0.3, -0.25) is 4.90 Å². The Labute approximate surface area is 125 Å². The molecule has 1 aromatic carbocycles. The Kier molecular flexibility index (Phi) is 4.63. The quantitative estimate of drug-likeness (QED) is 0.888. The molecule has 0 atom stereocenters. The van der Waals surface area contributed by atoms with Gasteiger partial charge >= 0.3 is 5.97 Å². The molecule has 0 unspecified atom stereocenters. The first kappa shape index (κ1) is 15.5. The number of hydrogen-bond donors (Lipinski definition) is 1. The van der Waals surface area contributed by atoms with E-state index in [1.165, 1.54) is 0 Å². The van der Waals surface area contributed by atoms with E-state index < -0.39 is 5.97 Å². The van der Waals surface area contributed by atoms with Crippen LogP contribution in [0.15, 0.2) is 24.5 Å². The van der Waals surface area contributed by atoms with Gasteiger partial charge in [0.15, 0.2) is 0 Å². The SMILES string of the molecule is CC(C)N(CCn1cnc2cc(C(=O)O)ccc21)C(C)C. The number of rotatable bonds is 6. The molecule has 0 bridgehead atoms. The summed E-state index contributed by atoms with van der Waals surface area (Å²) >= 11 is 0. The Hall–Kier alpha value is -1.88. The Bertz CT molecular complexity index is 623. The highest BCUT2D eigenvalue weighted by atomic mass is 16.4. The number of carboxylic acids is 1. The fourth-order valence-electron chi connectivity index (χ4n) is 2.71. The van der Waals surface area contributed by atoms with Crippen molar-refractivity contribution in [1.29, 1.82) is 0 Å². The van der Waals surface area contributed by atoms with Crippen LogP contribution in [-0.4, -0.2) is 44.2 Å². The minimum atomic E-state index is -0.919. The van der Waals surface area contributed by atoms with Crippen molar-refractivity contribution < 1.29 is 9.90 Å². The summed E-state index contributed by atoms with van der Waals surface area (Å²) in [5, 5.41) is 9.01. The Morgan fingerprint density at radius 3 is 2.52 bits per heavy atom. The van der Waals surface area contributed by atoms with Crippen molar-refractivity contribution in [3.63, 3.8) is 0 Å². The number of hydrogen-bond acceptors (Lipinski definition) is 3. The molecule has 21 heavy (non-hydrogen) atoms. The standard InChI is InChI=1S/C16H23N3O2/c1-11(2)19(12(3)4)8-7-18-10-17-14-9-13(16(20)21)5-6-15(14)18/h5-6,9-12H,7-8H2,1-4H3,(H,20,21). The molecule has 0 saturated carbocycles. The van der Waals surface area contributed by atoms with Gasteiger partial charge in [0.05, 0.1) is 22.9 Å². The van der Waals surface area contributed by atoms with Crippen molar-refractivity contribution in [3.8, 4) is 0 Å². The second kappa shape index (κ2) is 6.26. The third kappa shape index (κ3) is 3.42. The highest BCUT2D eigenvalue weighted by molar-refractivity contribution is 5.92. The van der Waals surface area contributed by atoms with Crippen LogP contribution in [0.5, 0.6) is 0 Å². The van der Waals surface area contributed by atoms with Gasteiger partial charge in [-0.1, -0.05) is 0 Å². The number of fused-ring (bicyclic) bond motifs is 1. The van der Waals surface area contributed by atoms with Crippen LogP contribution in [0.3, 0.4) is 0 Å². The second-order valence-electron chi connectivity index (χ2n) is 5.87. The van der Waals surface area contributed by atoms with E-state index in [1.54, 1.807) is 18.5 Å². The lowest BCUT2D eigenvalue weighted by molar-refractivity contribution is 0.0697. The van der Waals surface area contributed by atoms with Crippen LogP contribution in [0.4, 0.5) is 0 Å². The van der Waals surface area contributed by atoms with E-state index in [4.69, 9.17) is 5.11 Å². The fourth-order valence-corrected chi connectivity index (χ4v) is 2.71. The maximum absolute atomic E-state index is 11.0. The Morgan fingerprint density at radius 2 is 1.95 bits per heavy atom. The van der Waals surface area contributed by atoms with Crippen LogP contribution in [0.25, 0.3) is 11.0 Å². The van der Waals surface area contributed by atoms with Crippen molar-refractivity contribution in [3.05, 3.63) is 30.1 Å². The molecule has 0 aliphatic carbocycles. The van der Waals surface area contributed by atoms with Gasteiger partial charge in [-0.05, 0) is 45.9 Å². The van der Waals surface area contributed by atoms with E-state index in [0.717, 1.165) is 24.1 Å². The molecule has 1 N–H and O–H groups in total. The molecule has 114 valence electrons. The summed E-state index contributed by atoms with van der Waals surface area (Å²) in [5.74, 6) is -0.919. The lowest BCUT2D eigenvalue weighted by Gasteiger charge is -2.30. The molecule has 0 aliphatic heterocycles. The van der Waals surface area contributed by atoms with Gasteiger partial charge < -0.3 is 9.67 Å². The fraction of sp³-hybridized carbons (Fsp3) is 0.500. The first-order valence-corrected chi connectivity index (χ1v) is 7.34. The molecule has 2 aromatic rings. The predicted octanol–water partition coefficient (Wildman–Crippen LogP) is 2.85. The van der Waals surface area contributed by atoms with E-state index in [1.807, 2.05) is 6.07 Å². The molecule has 0 spiro atoms. The van der Waals surface area contributed by atoms with Gasteiger partial charge in [0.2, 0.25) is 0 Å². The maximum Gasteiger partial charge on any atom is 0.335 e. The first-order chi connectivity index (χ1) is 9.90. The number of imidazole rings is 1. The maximum atomic E-state index is 11.0. The lowest BCUT2D eigenvalue weighted by atomic mass is 10.2. The van der Waals surface area contributed by atoms with Crippen LogP contribution in [0.1, 0.15) is 38.1 Å². The second-order valence-corrected chi connectivity index (χ2v) is 5.87. The van der Waals surface area contributed by atoms with E-state index in [0.29, 0.717) is 12.1 Å². The summed E-state index contributed by atoms with van der Waals surface area (Å²) in [6.07, 6.45) is 1.79. The lowest BCUT2D eigenvalue weighted by Crippen LogP contribution is -2.39. The van der Waals surface area contributed by atoms with Crippen molar-refractivity contribution in [2.45, 2.75) is 46.3 Å². The molecule has 5 nitrogen and oxygen atoms in total. The van der Waals surface area contributed by atoms with Crippen LogP contribution in [0, 0.1) is 0 Å². The molecule has 0 fully saturated rings. The summed E-state index contributed by atoms with van der Waals surface area (Å²) in [5.41, 5.74) is 1.99. The summed E-state index contributed by atoms with van der Waals surface area (Å²) < 4.78 is 2.08. The zero-order valence-corrected chi connectivity index (χ0v) is 13.1. The summed E-state index contributed by atoms with van der Waals surface area (Å²) in [7, 11) is 0. The third-order valence-electron chi connectivity index (χ3n) is 3.79. The first-order valence-electron chi connectivity index (χ1n) is 7.34. The molecule has 2 rings (SSSR count). The summed E-state index contributed by atoms with van der Waals surface area (Å²) in [4.78, 5) is 17.7. The molecule has 1 heterocycles.